The maximum Gasteiger partial charge on any atom is 0.0602 e. The molecule has 2 nitrogen and oxygen atoms in total. The quantitative estimate of drug-likeness (QED) is 0.814. The van der Waals surface area contributed by atoms with E-state index < -0.39 is 0 Å². The van der Waals surface area contributed by atoms with Crippen molar-refractivity contribution >= 4 is 11.5 Å². The normalized spacial score (nSPS) is 21.3. The van der Waals surface area contributed by atoms with Gasteiger partial charge in [0, 0.05) is 11.5 Å². The maximum atomic E-state index is 9.12. The van der Waals surface area contributed by atoms with E-state index in [0.29, 0.717) is 18.4 Å². The molecule has 0 saturated carbocycles. The van der Waals surface area contributed by atoms with Gasteiger partial charge in [-0.25, -0.2) is 0 Å². The van der Waals surface area contributed by atoms with Crippen LogP contribution in [-0.4, -0.2) is 16.1 Å². The van der Waals surface area contributed by atoms with Gasteiger partial charge in [-0.2, -0.15) is 4.37 Å². The highest BCUT2D eigenvalue weighted by molar-refractivity contribution is 7.06. The molecule has 1 unspecified atom stereocenters. The summed E-state index contributed by atoms with van der Waals surface area (Å²) in [5.41, 5.74) is 2.77. The van der Waals surface area contributed by atoms with Crippen LogP contribution in [0.25, 0.3) is 0 Å². The SMILES string of the molecule is CC(C)c1nsc2c1CCC(CO)C2. The Labute approximate surface area is 89.1 Å². The zero-order chi connectivity index (χ0) is 10.1. The molecule has 0 radical (unpaired) electrons. The Hall–Kier alpha value is -0.410. The van der Waals surface area contributed by atoms with Crippen molar-refractivity contribution < 1.29 is 5.11 Å². The maximum absolute atomic E-state index is 9.12. The fourth-order valence-corrected chi connectivity index (χ4v) is 3.26. The molecule has 1 aliphatic rings. The fraction of sp³-hybridized carbons (Fsp3) is 0.727. The molecule has 0 amide bonds. The van der Waals surface area contributed by atoms with E-state index in [1.165, 1.54) is 16.1 Å². The first-order chi connectivity index (χ1) is 6.72. The monoisotopic (exact) mass is 211 g/mol. The van der Waals surface area contributed by atoms with Gasteiger partial charge >= 0.3 is 0 Å². The van der Waals surface area contributed by atoms with Crippen LogP contribution in [0.4, 0.5) is 0 Å². The van der Waals surface area contributed by atoms with Gasteiger partial charge in [0.1, 0.15) is 0 Å². The van der Waals surface area contributed by atoms with Crippen LogP contribution in [0.15, 0.2) is 0 Å². The number of nitrogens with zero attached hydrogens (tertiary/aromatic N) is 1. The minimum Gasteiger partial charge on any atom is -0.396 e. The Morgan fingerprint density at radius 2 is 2.36 bits per heavy atom. The zero-order valence-electron chi connectivity index (χ0n) is 8.79. The van der Waals surface area contributed by atoms with Gasteiger partial charge in [0.05, 0.1) is 5.69 Å². The molecule has 1 aromatic heterocycles. The van der Waals surface area contributed by atoms with Gasteiger partial charge in [-0.05, 0) is 48.2 Å². The average Bonchev–Trinajstić information content (AvgIpc) is 2.59. The zero-order valence-corrected chi connectivity index (χ0v) is 9.60. The van der Waals surface area contributed by atoms with Crippen molar-refractivity contribution in [3.8, 4) is 0 Å². The number of hydrogen-bond donors (Lipinski definition) is 1. The van der Waals surface area contributed by atoms with Crippen LogP contribution < -0.4 is 0 Å². The molecule has 0 saturated heterocycles. The first-order valence-electron chi connectivity index (χ1n) is 5.30. The Kier molecular flexibility index (Phi) is 2.88. The summed E-state index contributed by atoms with van der Waals surface area (Å²) >= 11 is 1.64. The van der Waals surface area contributed by atoms with Crippen molar-refractivity contribution in [1.29, 1.82) is 0 Å². The van der Waals surface area contributed by atoms with Crippen LogP contribution in [0.2, 0.25) is 0 Å². The summed E-state index contributed by atoms with van der Waals surface area (Å²) in [6.07, 6.45) is 3.28. The highest BCUT2D eigenvalue weighted by Crippen LogP contribution is 2.33. The fourth-order valence-electron chi connectivity index (χ4n) is 2.11. The summed E-state index contributed by atoms with van der Waals surface area (Å²) in [5, 5.41) is 9.12. The third-order valence-corrected chi connectivity index (χ3v) is 3.90. The van der Waals surface area contributed by atoms with Crippen LogP contribution in [0.1, 0.15) is 42.3 Å². The lowest BCUT2D eigenvalue weighted by Crippen LogP contribution is -2.16. The highest BCUT2D eigenvalue weighted by Gasteiger charge is 2.24. The van der Waals surface area contributed by atoms with Crippen LogP contribution in [-0.2, 0) is 12.8 Å². The van der Waals surface area contributed by atoms with E-state index in [-0.39, 0.29) is 0 Å². The molecule has 1 aromatic rings. The van der Waals surface area contributed by atoms with Crippen LogP contribution >= 0.6 is 11.5 Å². The van der Waals surface area contributed by atoms with Crippen LogP contribution in [0, 0.1) is 5.92 Å². The molecule has 2 rings (SSSR count). The van der Waals surface area contributed by atoms with Crippen molar-refractivity contribution in [3.63, 3.8) is 0 Å². The highest BCUT2D eigenvalue weighted by atomic mass is 32.1. The van der Waals surface area contributed by atoms with Gasteiger partial charge in [0.2, 0.25) is 0 Å². The van der Waals surface area contributed by atoms with Crippen molar-refractivity contribution in [3.05, 3.63) is 16.1 Å². The number of aliphatic hydroxyl groups excluding tert-OH is 1. The van der Waals surface area contributed by atoms with Crippen molar-refractivity contribution in [2.24, 2.45) is 5.92 Å². The van der Waals surface area contributed by atoms with Gasteiger partial charge in [-0.15, -0.1) is 0 Å². The molecule has 78 valence electrons. The first kappa shape index (κ1) is 10.1. The van der Waals surface area contributed by atoms with Gasteiger partial charge < -0.3 is 5.11 Å². The predicted molar refractivity (Wildman–Crippen MR) is 58.8 cm³/mol. The molecule has 0 spiro atoms. The molecule has 1 heterocycles. The van der Waals surface area contributed by atoms with Crippen LogP contribution in [0.5, 0.6) is 0 Å². The second-order valence-electron chi connectivity index (χ2n) is 4.42. The topological polar surface area (TPSA) is 33.1 Å². The number of aliphatic hydroxyl groups is 1. The molecule has 0 fully saturated rings. The van der Waals surface area contributed by atoms with E-state index in [1.54, 1.807) is 11.5 Å². The lowest BCUT2D eigenvalue weighted by atomic mass is 9.87. The Bertz CT molecular complexity index is 319. The number of hydrogen-bond acceptors (Lipinski definition) is 3. The summed E-state index contributed by atoms with van der Waals surface area (Å²) < 4.78 is 4.53. The van der Waals surface area contributed by atoms with Gasteiger partial charge in [-0.3, -0.25) is 0 Å². The minimum absolute atomic E-state index is 0.328. The smallest absolute Gasteiger partial charge is 0.0602 e. The molecule has 1 N–H and O–H groups in total. The second kappa shape index (κ2) is 3.99. The summed E-state index contributed by atoms with van der Waals surface area (Å²) in [7, 11) is 0. The number of rotatable bonds is 2. The van der Waals surface area contributed by atoms with Gasteiger partial charge in [0.15, 0.2) is 0 Å². The van der Waals surface area contributed by atoms with E-state index in [0.717, 1.165) is 19.3 Å². The predicted octanol–water partition coefficient (Wildman–Crippen LogP) is 2.36. The van der Waals surface area contributed by atoms with Crippen LogP contribution in [0.3, 0.4) is 0 Å². The van der Waals surface area contributed by atoms with E-state index in [9.17, 15) is 0 Å². The Morgan fingerprint density at radius 1 is 1.57 bits per heavy atom. The summed E-state index contributed by atoms with van der Waals surface area (Å²) in [6, 6.07) is 0. The molecule has 1 aliphatic carbocycles. The van der Waals surface area contributed by atoms with E-state index >= 15 is 0 Å². The standard InChI is InChI=1S/C11H17NOS/c1-7(2)11-9-4-3-8(6-13)5-10(9)14-12-11/h7-8,13H,3-6H2,1-2H3. The Morgan fingerprint density at radius 3 is 3.00 bits per heavy atom. The molecule has 0 bridgehead atoms. The van der Waals surface area contributed by atoms with Crippen molar-refractivity contribution in [2.75, 3.05) is 6.61 Å². The first-order valence-corrected chi connectivity index (χ1v) is 6.08. The van der Waals surface area contributed by atoms with E-state index in [4.69, 9.17) is 5.11 Å². The third kappa shape index (κ3) is 1.71. The van der Waals surface area contributed by atoms with E-state index in [2.05, 4.69) is 18.2 Å². The van der Waals surface area contributed by atoms with Gasteiger partial charge in [-0.1, -0.05) is 13.8 Å². The summed E-state index contributed by atoms with van der Waals surface area (Å²) in [5.74, 6) is 1.02. The lowest BCUT2D eigenvalue weighted by molar-refractivity contribution is 0.214. The van der Waals surface area contributed by atoms with E-state index in [1.807, 2.05) is 0 Å². The molecular formula is C11H17NOS. The average molecular weight is 211 g/mol. The van der Waals surface area contributed by atoms with Gasteiger partial charge in [0.25, 0.3) is 0 Å². The molecular weight excluding hydrogens is 194 g/mol. The molecule has 3 heteroatoms. The summed E-state index contributed by atoms with van der Waals surface area (Å²) in [6.45, 7) is 4.73. The lowest BCUT2D eigenvalue weighted by Gasteiger charge is -2.20. The largest absolute Gasteiger partial charge is 0.396 e. The molecule has 0 aliphatic heterocycles. The third-order valence-electron chi connectivity index (χ3n) is 2.98. The second-order valence-corrected chi connectivity index (χ2v) is 5.27. The Balaban J connectivity index is 2.25. The molecule has 0 aromatic carbocycles. The number of aromatic nitrogens is 1. The molecule has 1 atom stereocenters. The van der Waals surface area contributed by atoms with Crippen molar-refractivity contribution in [2.45, 2.75) is 39.0 Å². The number of fused-ring (bicyclic) bond motifs is 1. The van der Waals surface area contributed by atoms with Crippen molar-refractivity contribution in [1.82, 2.24) is 4.37 Å². The summed E-state index contributed by atoms with van der Waals surface area (Å²) in [4.78, 5) is 1.42. The molecule has 14 heavy (non-hydrogen) atoms. The minimum atomic E-state index is 0.328.